The Bertz CT molecular complexity index is 391. The van der Waals surface area contributed by atoms with Crippen LogP contribution in [0.3, 0.4) is 0 Å². The molecule has 3 atom stereocenters. The maximum absolute atomic E-state index is 13.8. The zero-order valence-electron chi connectivity index (χ0n) is 10.3. The van der Waals surface area contributed by atoms with Gasteiger partial charge in [-0.15, -0.1) is 0 Å². The van der Waals surface area contributed by atoms with E-state index in [2.05, 4.69) is 17.3 Å². The quantitative estimate of drug-likeness (QED) is 0.657. The highest BCUT2D eigenvalue weighted by Crippen LogP contribution is 2.40. The number of thioether (sulfide) groups is 2. The Morgan fingerprint density at radius 1 is 1.56 bits per heavy atom. The Balaban J connectivity index is 2.24. The maximum Gasteiger partial charge on any atom is 0.146 e. The summed E-state index contributed by atoms with van der Waals surface area (Å²) in [6.07, 6.45) is 3.94. The van der Waals surface area contributed by atoms with E-state index in [9.17, 15) is 4.39 Å². The van der Waals surface area contributed by atoms with Gasteiger partial charge in [-0.1, -0.05) is 6.92 Å². The average Bonchev–Trinajstić information content (AvgIpc) is 2.42. The summed E-state index contributed by atoms with van der Waals surface area (Å²) in [6, 6.07) is 1.56. The summed E-state index contributed by atoms with van der Waals surface area (Å²) in [7, 11) is 0. The van der Waals surface area contributed by atoms with Crippen LogP contribution in [0.25, 0.3) is 0 Å². The number of hydrogen-bond donors (Lipinski definition) is 2. The van der Waals surface area contributed by atoms with Crippen LogP contribution in [0, 0.1) is 5.82 Å². The molecule has 0 bridgehead atoms. The summed E-state index contributed by atoms with van der Waals surface area (Å²) in [5.74, 6) is 7.63. The lowest BCUT2D eigenvalue weighted by Crippen LogP contribution is -2.42. The molecule has 0 spiro atoms. The van der Waals surface area contributed by atoms with Crippen molar-refractivity contribution in [2.45, 2.75) is 29.9 Å². The summed E-state index contributed by atoms with van der Waals surface area (Å²) in [5.41, 5.74) is 3.41. The first-order valence-electron chi connectivity index (χ1n) is 6.06. The number of nitrogens with one attached hydrogen (secondary N) is 1. The SMILES string of the molecule is CCC1SCCSC1C(NN)c1ccncc1F. The zero-order valence-corrected chi connectivity index (χ0v) is 11.9. The fraction of sp³-hybridized carbons (Fsp3) is 0.583. The van der Waals surface area contributed by atoms with Crippen molar-refractivity contribution in [1.82, 2.24) is 10.4 Å². The third-order valence-corrected chi connectivity index (χ3v) is 6.49. The van der Waals surface area contributed by atoms with Crippen molar-refractivity contribution >= 4 is 23.5 Å². The van der Waals surface area contributed by atoms with E-state index in [-0.39, 0.29) is 11.9 Å². The van der Waals surface area contributed by atoms with Crippen LogP contribution in [-0.4, -0.2) is 27.0 Å². The number of nitrogens with zero attached hydrogens (tertiary/aromatic N) is 1. The van der Waals surface area contributed by atoms with Crippen LogP contribution in [0.15, 0.2) is 18.5 Å². The third kappa shape index (κ3) is 2.99. The first-order valence-corrected chi connectivity index (χ1v) is 8.16. The smallest absolute Gasteiger partial charge is 0.146 e. The van der Waals surface area contributed by atoms with Crippen LogP contribution in [0.5, 0.6) is 0 Å². The van der Waals surface area contributed by atoms with Gasteiger partial charge in [-0.3, -0.25) is 16.3 Å². The predicted molar refractivity (Wildman–Crippen MR) is 77.0 cm³/mol. The van der Waals surface area contributed by atoms with Gasteiger partial charge in [-0.25, -0.2) is 4.39 Å². The minimum Gasteiger partial charge on any atom is -0.271 e. The Labute approximate surface area is 115 Å². The van der Waals surface area contributed by atoms with Crippen LogP contribution >= 0.6 is 23.5 Å². The number of hydrogen-bond acceptors (Lipinski definition) is 5. The summed E-state index contributed by atoms with van der Waals surface area (Å²) < 4.78 is 13.8. The molecule has 3 nitrogen and oxygen atoms in total. The standard InChI is InChI=1S/C12H18FN3S2/c1-2-10-12(18-6-5-17-10)11(16-14)8-3-4-15-7-9(8)13/h3-4,7,10-12,16H,2,5-6,14H2,1H3. The van der Waals surface area contributed by atoms with E-state index < -0.39 is 0 Å². The molecule has 3 unspecified atom stereocenters. The molecule has 1 aromatic rings. The molecule has 1 aliphatic heterocycles. The maximum atomic E-state index is 13.8. The highest BCUT2D eigenvalue weighted by Gasteiger charge is 2.33. The van der Waals surface area contributed by atoms with Gasteiger partial charge in [0, 0.05) is 33.8 Å². The predicted octanol–water partition coefficient (Wildman–Crippen LogP) is 2.35. The fourth-order valence-corrected chi connectivity index (χ4v) is 5.47. The van der Waals surface area contributed by atoms with Crippen molar-refractivity contribution in [2.75, 3.05) is 11.5 Å². The monoisotopic (exact) mass is 287 g/mol. The Morgan fingerprint density at radius 2 is 2.33 bits per heavy atom. The van der Waals surface area contributed by atoms with Crippen LogP contribution in [-0.2, 0) is 0 Å². The van der Waals surface area contributed by atoms with Crippen LogP contribution in [0.4, 0.5) is 4.39 Å². The van der Waals surface area contributed by atoms with Gasteiger partial charge in [-0.2, -0.15) is 23.5 Å². The Kier molecular flexibility index (Phi) is 5.29. The van der Waals surface area contributed by atoms with Crippen molar-refractivity contribution in [3.63, 3.8) is 0 Å². The van der Waals surface area contributed by atoms with Gasteiger partial charge in [0.2, 0.25) is 0 Å². The number of nitrogens with two attached hydrogens (primary N) is 1. The van der Waals surface area contributed by atoms with Crippen LogP contribution in [0.2, 0.25) is 0 Å². The third-order valence-electron chi connectivity index (χ3n) is 3.14. The number of rotatable bonds is 4. The Morgan fingerprint density at radius 3 is 3.00 bits per heavy atom. The normalized spacial score (nSPS) is 25.9. The van der Waals surface area contributed by atoms with Gasteiger partial charge in [0.1, 0.15) is 5.82 Å². The molecule has 0 radical (unpaired) electrons. The first-order chi connectivity index (χ1) is 8.77. The number of pyridine rings is 1. The molecule has 6 heteroatoms. The highest BCUT2D eigenvalue weighted by atomic mass is 32.2. The molecule has 100 valence electrons. The second-order valence-electron chi connectivity index (χ2n) is 4.19. The van der Waals surface area contributed by atoms with E-state index in [1.807, 2.05) is 23.5 Å². The van der Waals surface area contributed by atoms with Crippen molar-refractivity contribution in [2.24, 2.45) is 5.84 Å². The van der Waals surface area contributed by atoms with Gasteiger partial charge < -0.3 is 0 Å². The molecule has 18 heavy (non-hydrogen) atoms. The van der Waals surface area contributed by atoms with Crippen LogP contribution < -0.4 is 11.3 Å². The summed E-state index contributed by atoms with van der Waals surface area (Å²) in [5, 5.41) is 0.813. The molecule has 0 aromatic carbocycles. The lowest BCUT2D eigenvalue weighted by molar-refractivity contribution is 0.483. The van der Waals surface area contributed by atoms with Crippen molar-refractivity contribution in [1.29, 1.82) is 0 Å². The molecule has 0 amide bonds. The van der Waals surface area contributed by atoms with Gasteiger partial charge in [0.25, 0.3) is 0 Å². The van der Waals surface area contributed by atoms with Crippen molar-refractivity contribution in [3.05, 3.63) is 29.8 Å². The lowest BCUT2D eigenvalue weighted by Gasteiger charge is -2.35. The highest BCUT2D eigenvalue weighted by molar-refractivity contribution is 8.07. The van der Waals surface area contributed by atoms with Crippen LogP contribution in [0.1, 0.15) is 24.9 Å². The van der Waals surface area contributed by atoms with Crippen molar-refractivity contribution < 1.29 is 4.39 Å². The molecule has 0 aliphatic carbocycles. The van der Waals surface area contributed by atoms with Gasteiger partial charge in [0.15, 0.2) is 0 Å². The molecule has 1 aliphatic rings. The zero-order chi connectivity index (χ0) is 13.0. The fourth-order valence-electron chi connectivity index (χ4n) is 2.25. The summed E-state index contributed by atoms with van der Waals surface area (Å²) in [4.78, 5) is 3.79. The van der Waals surface area contributed by atoms with E-state index >= 15 is 0 Å². The molecule has 2 rings (SSSR count). The second kappa shape index (κ2) is 6.75. The van der Waals surface area contributed by atoms with E-state index in [1.165, 1.54) is 6.20 Å². The molecule has 3 N–H and O–H groups in total. The molecule has 1 aromatic heterocycles. The number of halogens is 1. The minimum absolute atomic E-state index is 0.157. The van der Waals surface area contributed by atoms with E-state index in [0.717, 1.165) is 17.9 Å². The molecule has 1 fully saturated rings. The first kappa shape index (κ1) is 14.1. The van der Waals surface area contributed by atoms with E-state index in [4.69, 9.17) is 5.84 Å². The number of aromatic nitrogens is 1. The summed E-state index contributed by atoms with van der Waals surface area (Å²) in [6.45, 7) is 2.17. The molecule has 1 saturated heterocycles. The van der Waals surface area contributed by atoms with Crippen molar-refractivity contribution in [3.8, 4) is 0 Å². The van der Waals surface area contributed by atoms with Gasteiger partial charge in [0.05, 0.1) is 12.2 Å². The lowest BCUT2D eigenvalue weighted by atomic mass is 10.0. The van der Waals surface area contributed by atoms with E-state index in [1.54, 1.807) is 12.3 Å². The number of hydrazine groups is 1. The second-order valence-corrected chi connectivity index (χ2v) is 6.83. The Hall–Kier alpha value is -0.300. The molecular formula is C12H18FN3S2. The van der Waals surface area contributed by atoms with Gasteiger partial charge in [-0.05, 0) is 12.5 Å². The largest absolute Gasteiger partial charge is 0.271 e. The topological polar surface area (TPSA) is 50.9 Å². The van der Waals surface area contributed by atoms with E-state index in [0.29, 0.717) is 16.1 Å². The average molecular weight is 287 g/mol. The molecule has 0 saturated carbocycles. The molecular weight excluding hydrogens is 269 g/mol. The molecule has 2 heterocycles. The van der Waals surface area contributed by atoms with Gasteiger partial charge >= 0.3 is 0 Å². The minimum atomic E-state index is -0.286. The summed E-state index contributed by atoms with van der Waals surface area (Å²) >= 11 is 3.84.